The van der Waals surface area contributed by atoms with Crippen LogP contribution in [0.1, 0.15) is 11.6 Å². The summed E-state index contributed by atoms with van der Waals surface area (Å²) in [4.78, 5) is 24.9. The maximum atomic E-state index is 12.4. The van der Waals surface area contributed by atoms with Gasteiger partial charge < -0.3 is 10.0 Å². The number of benzene rings is 1. The molecule has 1 aliphatic heterocycles. The number of aliphatic carboxylic acids is 1. The molecule has 0 spiro atoms. The van der Waals surface area contributed by atoms with E-state index in [1.807, 2.05) is 0 Å². The quantitative estimate of drug-likeness (QED) is 0.907. The molecule has 1 aromatic carbocycles. The molecule has 1 saturated heterocycles. The number of halogens is 4. The third kappa shape index (κ3) is 4.14. The number of hydrogen-bond donors (Lipinski definition) is 1. The first-order valence-corrected chi connectivity index (χ1v) is 7.16. The summed E-state index contributed by atoms with van der Waals surface area (Å²) in [6.45, 7) is -0.290. The largest absolute Gasteiger partial charge is 0.480 e. The predicted octanol–water partition coefficient (Wildman–Crippen LogP) is 2.17. The van der Waals surface area contributed by atoms with Crippen LogP contribution in [0.4, 0.5) is 13.2 Å². The van der Waals surface area contributed by atoms with Gasteiger partial charge in [-0.25, -0.2) is 0 Å². The molecule has 0 bridgehead atoms. The Hall–Kier alpha value is -1.80. The number of rotatable bonds is 3. The summed E-state index contributed by atoms with van der Waals surface area (Å²) in [5.41, 5.74) is 0.445. The lowest BCUT2D eigenvalue weighted by atomic mass is 10.0. The zero-order valence-corrected chi connectivity index (χ0v) is 12.6. The molecular formula is C14H14ClF3N2O3. The van der Waals surface area contributed by atoms with Crippen molar-refractivity contribution in [1.82, 2.24) is 9.80 Å². The molecular weight excluding hydrogens is 337 g/mol. The minimum Gasteiger partial charge on any atom is -0.480 e. The average Bonchev–Trinajstić information content (AvgIpc) is 2.46. The number of carbonyl (C=O) groups excluding carboxylic acids is 1. The Bertz CT molecular complexity index is 601. The predicted molar refractivity (Wildman–Crippen MR) is 76.0 cm³/mol. The van der Waals surface area contributed by atoms with Gasteiger partial charge in [-0.05, 0) is 17.7 Å². The number of amides is 1. The number of carbonyl (C=O) groups is 2. The lowest BCUT2D eigenvalue weighted by Gasteiger charge is -2.38. The second-order valence-electron chi connectivity index (χ2n) is 5.12. The van der Waals surface area contributed by atoms with E-state index in [2.05, 4.69) is 0 Å². The van der Waals surface area contributed by atoms with Gasteiger partial charge >= 0.3 is 18.1 Å². The first kappa shape index (κ1) is 17.6. The van der Waals surface area contributed by atoms with Crippen LogP contribution in [0.5, 0.6) is 0 Å². The van der Waals surface area contributed by atoms with Crippen molar-refractivity contribution in [2.75, 3.05) is 26.2 Å². The van der Waals surface area contributed by atoms with Crippen LogP contribution in [-0.4, -0.2) is 59.1 Å². The molecule has 2 rings (SSSR count). The molecule has 1 aromatic rings. The minimum absolute atomic E-state index is 0.0330. The Morgan fingerprint density at radius 3 is 2.26 bits per heavy atom. The Labute approximate surface area is 135 Å². The van der Waals surface area contributed by atoms with E-state index in [0.717, 1.165) is 0 Å². The zero-order valence-electron chi connectivity index (χ0n) is 11.9. The van der Waals surface area contributed by atoms with Crippen molar-refractivity contribution in [2.24, 2.45) is 0 Å². The van der Waals surface area contributed by atoms with Crippen LogP contribution in [0.15, 0.2) is 24.3 Å². The topological polar surface area (TPSA) is 60.9 Å². The van der Waals surface area contributed by atoms with E-state index in [0.29, 0.717) is 15.5 Å². The van der Waals surface area contributed by atoms with E-state index >= 15 is 0 Å². The molecule has 1 aliphatic rings. The molecule has 0 radical (unpaired) electrons. The Morgan fingerprint density at radius 2 is 1.78 bits per heavy atom. The maximum absolute atomic E-state index is 12.4. The number of piperazine rings is 1. The lowest BCUT2D eigenvalue weighted by molar-refractivity contribution is -0.187. The fourth-order valence-electron chi connectivity index (χ4n) is 2.55. The Morgan fingerprint density at radius 1 is 1.17 bits per heavy atom. The van der Waals surface area contributed by atoms with E-state index < -0.39 is 24.1 Å². The first-order chi connectivity index (χ1) is 10.7. The molecule has 23 heavy (non-hydrogen) atoms. The van der Waals surface area contributed by atoms with Crippen LogP contribution in [0.2, 0.25) is 5.02 Å². The zero-order chi connectivity index (χ0) is 17.2. The third-order valence-electron chi connectivity index (χ3n) is 3.61. The fraction of sp³-hybridized carbons (Fsp3) is 0.429. The van der Waals surface area contributed by atoms with Gasteiger partial charge in [0.15, 0.2) is 0 Å². The van der Waals surface area contributed by atoms with Crippen molar-refractivity contribution in [2.45, 2.75) is 12.2 Å². The van der Waals surface area contributed by atoms with E-state index in [4.69, 9.17) is 11.6 Å². The molecule has 1 unspecified atom stereocenters. The maximum Gasteiger partial charge on any atom is 0.471 e. The van der Waals surface area contributed by atoms with E-state index in [1.165, 1.54) is 11.0 Å². The summed E-state index contributed by atoms with van der Waals surface area (Å²) < 4.78 is 37.2. The molecule has 1 amide bonds. The number of alkyl halides is 3. The molecule has 1 atom stereocenters. The van der Waals surface area contributed by atoms with Crippen molar-refractivity contribution >= 4 is 23.5 Å². The number of carboxylic acids is 1. The van der Waals surface area contributed by atoms with Crippen molar-refractivity contribution in [3.63, 3.8) is 0 Å². The standard InChI is InChI=1S/C14H14ClF3N2O3/c15-10-3-1-2-9(8-10)11(12(21)22)19-4-6-20(7-5-19)13(23)14(16,17)18/h1-3,8,11H,4-7H2,(H,21,22). The van der Waals surface area contributed by atoms with Gasteiger partial charge in [-0.15, -0.1) is 0 Å². The molecule has 1 fully saturated rings. The van der Waals surface area contributed by atoms with Crippen molar-refractivity contribution in [1.29, 1.82) is 0 Å². The number of carboxylic acid groups (broad SMARTS) is 1. The molecule has 0 aliphatic carbocycles. The van der Waals surface area contributed by atoms with Gasteiger partial charge in [0.05, 0.1) is 0 Å². The van der Waals surface area contributed by atoms with Crippen LogP contribution >= 0.6 is 11.6 Å². The SMILES string of the molecule is O=C(O)C(c1cccc(Cl)c1)N1CCN(C(=O)C(F)(F)F)CC1. The highest BCUT2D eigenvalue weighted by atomic mass is 35.5. The lowest BCUT2D eigenvalue weighted by Crippen LogP contribution is -2.53. The minimum atomic E-state index is -4.92. The second kappa shape index (κ2) is 6.76. The van der Waals surface area contributed by atoms with Crippen molar-refractivity contribution in [3.05, 3.63) is 34.9 Å². The molecule has 5 nitrogen and oxygen atoms in total. The van der Waals surface area contributed by atoms with Crippen LogP contribution in [0.3, 0.4) is 0 Å². The summed E-state index contributed by atoms with van der Waals surface area (Å²) in [6.07, 6.45) is -4.92. The highest BCUT2D eigenvalue weighted by molar-refractivity contribution is 6.30. The molecule has 9 heteroatoms. The van der Waals surface area contributed by atoms with Crippen molar-refractivity contribution in [3.8, 4) is 0 Å². The highest BCUT2D eigenvalue weighted by Gasteiger charge is 2.44. The summed E-state index contributed by atoms with van der Waals surface area (Å²) in [7, 11) is 0. The number of hydrogen-bond acceptors (Lipinski definition) is 3. The molecule has 1 heterocycles. The van der Waals surface area contributed by atoms with Gasteiger partial charge in [-0.1, -0.05) is 23.7 Å². The monoisotopic (exact) mass is 350 g/mol. The van der Waals surface area contributed by atoms with Gasteiger partial charge in [0.2, 0.25) is 0 Å². The van der Waals surface area contributed by atoms with Crippen LogP contribution in [0.25, 0.3) is 0 Å². The number of nitrogens with zero attached hydrogens (tertiary/aromatic N) is 2. The molecule has 1 N–H and O–H groups in total. The average molecular weight is 351 g/mol. The van der Waals surface area contributed by atoms with Crippen LogP contribution < -0.4 is 0 Å². The first-order valence-electron chi connectivity index (χ1n) is 6.78. The summed E-state index contributed by atoms with van der Waals surface area (Å²) in [5, 5.41) is 9.80. The van der Waals surface area contributed by atoms with Crippen LogP contribution in [-0.2, 0) is 9.59 Å². The van der Waals surface area contributed by atoms with E-state index in [1.54, 1.807) is 18.2 Å². The Balaban J connectivity index is 2.10. The highest BCUT2D eigenvalue weighted by Crippen LogP contribution is 2.26. The second-order valence-corrected chi connectivity index (χ2v) is 5.56. The van der Waals surface area contributed by atoms with Gasteiger partial charge in [0.25, 0.3) is 0 Å². The van der Waals surface area contributed by atoms with Gasteiger partial charge in [0.1, 0.15) is 6.04 Å². The van der Waals surface area contributed by atoms with Crippen molar-refractivity contribution < 1.29 is 27.9 Å². The molecule has 126 valence electrons. The van der Waals surface area contributed by atoms with Gasteiger partial charge in [-0.2, -0.15) is 13.2 Å². The van der Waals surface area contributed by atoms with Gasteiger partial charge in [-0.3, -0.25) is 14.5 Å². The van der Waals surface area contributed by atoms with E-state index in [-0.39, 0.29) is 26.2 Å². The van der Waals surface area contributed by atoms with E-state index in [9.17, 15) is 27.9 Å². The third-order valence-corrected chi connectivity index (χ3v) is 3.84. The fourth-order valence-corrected chi connectivity index (χ4v) is 2.75. The summed E-state index contributed by atoms with van der Waals surface area (Å²) >= 11 is 5.86. The van der Waals surface area contributed by atoms with Gasteiger partial charge in [0, 0.05) is 31.2 Å². The summed E-state index contributed by atoms with van der Waals surface area (Å²) in [6, 6.07) is 5.30. The smallest absolute Gasteiger partial charge is 0.471 e. The molecule has 0 saturated carbocycles. The molecule has 0 aromatic heterocycles. The summed E-state index contributed by atoms with van der Waals surface area (Å²) in [5.74, 6) is -3.02. The van der Waals surface area contributed by atoms with Crippen LogP contribution in [0, 0.1) is 0 Å². The normalized spacial score (nSPS) is 17.8. The Kier molecular flexibility index (Phi) is 5.16.